The summed E-state index contributed by atoms with van der Waals surface area (Å²) in [5.74, 6) is -0.353. The molecule has 0 saturated carbocycles. The van der Waals surface area contributed by atoms with E-state index in [-0.39, 0.29) is 18.0 Å². The molecule has 0 atom stereocenters. The predicted molar refractivity (Wildman–Crippen MR) is 42.8 cm³/mol. The summed E-state index contributed by atoms with van der Waals surface area (Å²) in [5.41, 5.74) is 0.354. The van der Waals surface area contributed by atoms with E-state index in [0.717, 1.165) is 0 Å². The molecule has 0 aliphatic carbocycles. The van der Waals surface area contributed by atoms with Crippen molar-refractivity contribution in [2.75, 3.05) is 0 Å². The quantitative estimate of drug-likeness (QED) is 0.487. The Morgan fingerprint density at radius 3 is 2.67 bits per heavy atom. The molecular formula is C8H10N2O2. The van der Waals surface area contributed by atoms with Gasteiger partial charge in [-0.3, -0.25) is 14.3 Å². The SMILES string of the molecule is CC(=O)CC(=O)c1ccn(C)n1. The maximum atomic E-state index is 11.2. The molecule has 12 heavy (non-hydrogen) atoms. The van der Waals surface area contributed by atoms with Gasteiger partial charge in [0.25, 0.3) is 0 Å². The number of carbonyl (C=O) groups is 2. The van der Waals surface area contributed by atoms with Gasteiger partial charge in [0.1, 0.15) is 11.5 Å². The fourth-order valence-electron chi connectivity index (χ4n) is 0.880. The Labute approximate surface area is 70.2 Å². The van der Waals surface area contributed by atoms with Gasteiger partial charge < -0.3 is 0 Å². The largest absolute Gasteiger partial charge is 0.300 e. The zero-order valence-corrected chi connectivity index (χ0v) is 7.07. The molecule has 0 aliphatic rings. The standard InChI is InChI=1S/C8H10N2O2/c1-6(11)5-8(12)7-3-4-10(2)9-7/h3-4H,5H2,1-2H3. The molecule has 0 amide bonds. The molecule has 0 N–H and O–H groups in total. The van der Waals surface area contributed by atoms with Crippen molar-refractivity contribution >= 4 is 11.6 Å². The Morgan fingerprint density at radius 1 is 1.58 bits per heavy atom. The highest BCUT2D eigenvalue weighted by Crippen LogP contribution is 1.99. The first-order valence-corrected chi connectivity index (χ1v) is 3.62. The number of nitrogens with zero attached hydrogens (tertiary/aromatic N) is 2. The molecule has 0 aromatic carbocycles. The van der Waals surface area contributed by atoms with Crippen molar-refractivity contribution in [2.24, 2.45) is 7.05 Å². The zero-order chi connectivity index (χ0) is 9.14. The highest BCUT2D eigenvalue weighted by molar-refractivity contribution is 6.06. The van der Waals surface area contributed by atoms with E-state index < -0.39 is 0 Å². The van der Waals surface area contributed by atoms with E-state index in [1.165, 1.54) is 11.6 Å². The Balaban J connectivity index is 2.72. The number of ketones is 2. The lowest BCUT2D eigenvalue weighted by atomic mass is 10.2. The van der Waals surface area contributed by atoms with Crippen LogP contribution in [0.25, 0.3) is 0 Å². The van der Waals surface area contributed by atoms with Crippen LogP contribution in [0.5, 0.6) is 0 Å². The Bertz CT molecular complexity index is 315. The van der Waals surface area contributed by atoms with Gasteiger partial charge in [-0.15, -0.1) is 0 Å². The maximum Gasteiger partial charge on any atom is 0.190 e. The van der Waals surface area contributed by atoms with E-state index in [0.29, 0.717) is 5.69 Å². The van der Waals surface area contributed by atoms with Crippen molar-refractivity contribution < 1.29 is 9.59 Å². The van der Waals surface area contributed by atoms with Crippen LogP contribution in [0.2, 0.25) is 0 Å². The van der Waals surface area contributed by atoms with E-state index >= 15 is 0 Å². The van der Waals surface area contributed by atoms with E-state index in [9.17, 15) is 9.59 Å². The van der Waals surface area contributed by atoms with Gasteiger partial charge in [-0.1, -0.05) is 0 Å². The van der Waals surface area contributed by atoms with Gasteiger partial charge in [0.05, 0.1) is 6.42 Å². The number of aromatic nitrogens is 2. The van der Waals surface area contributed by atoms with Crippen LogP contribution in [-0.4, -0.2) is 21.3 Å². The summed E-state index contributed by atoms with van der Waals surface area (Å²) in [7, 11) is 1.73. The minimum absolute atomic E-state index is 0.0585. The Hall–Kier alpha value is -1.45. The summed E-state index contributed by atoms with van der Waals surface area (Å²) >= 11 is 0. The third-order valence-electron chi connectivity index (χ3n) is 1.41. The second-order valence-electron chi connectivity index (χ2n) is 2.68. The summed E-state index contributed by atoms with van der Waals surface area (Å²) in [6, 6.07) is 1.60. The normalized spacial score (nSPS) is 9.83. The summed E-state index contributed by atoms with van der Waals surface area (Å²) in [6.07, 6.45) is 1.62. The topological polar surface area (TPSA) is 52.0 Å². The lowest BCUT2D eigenvalue weighted by molar-refractivity contribution is -0.116. The molecule has 1 aromatic heterocycles. The van der Waals surface area contributed by atoms with Crippen LogP contribution in [0.3, 0.4) is 0 Å². The highest BCUT2D eigenvalue weighted by atomic mass is 16.1. The highest BCUT2D eigenvalue weighted by Gasteiger charge is 2.10. The average molecular weight is 166 g/mol. The van der Waals surface area contributed by atoms with Crippen LogP contribution in [0, 0.1) is 0 Å². The van der Waals surface area contributed by atoms with Crippen molar-refractivity contribution in [3.8, 4) is 0 Å². The lowest BCUT2D eigenvalue weighted by Crippen LogP contribution is -2.06. The van der Waals surface area contributed by atoms with Crippen LogP contribution in [0.4, 0.5) is 0 Å². The lowest BCUT2D eigenvalue weighted by Gasteiger charge is -1.91. The van der Waals surface area contributed by atoms with Gasteiger partial charge in [0.15, 0.2) is 5.78 Å². The van der Waals surface area contributed by atoms with E-state index in [4.69, 9.17) is 0 Å². The van der Waals surface area contributed by atoms with Crippen molar-refractivity contribution in [3.05, 3.63) is 18.0 Å². The van der Waals surface area contributed by atoms with Crippen LogP contribution < -0.4 is 0 Å². The number of Topliss-reactive ketones (excluding diaryl/α,β-unsaturated/α-hetero) is 2. The summed E-state index contributed by atoms with van der Waals surface area (Å²) in [5, 5.41) is 3.88. The van der Waals surface area contributed by atoms with E-state index in [1.54, 1.807) is 19.3 Å². The molecule has 0 bridgehead atoms. The molecule has 0 radical (unpaired) electrons. The second kappa shape index (κ2) is 3.30. The van der Waals surface area contributed by atoms with Gasteiger partial charge in [0.2, 0.25) is 0 Å². The molecule has 64 valence electrons. The van der Waals surface area contributed by atoms with Crippen molar-refractivity contribution in [3.63, 3.8) is 0 Å². The molecule has 1 heterocycles. The van der Waals surface area contributed by atoms with Gasteiger partial charge >= 0.3 is 0 Å². The minimum atomic E-state index is -0.219. The van der Waals surface area contributed by atoms with Crippen molar-refractivity contribution in [1.82, 2.24) is 9.78 Å². The third-order valence-corrected chi connectivity index (χ3v) is 1.41. The molecule has 0 aliphatic heterocycles. The smallest absolute Gasteiger partial charge is 0.190 e. The molecule has 0 fully saturated rings. The number of rotatable bonds is 3. The molecule has 1 rings (SSSR count). The Morgan fingerprint density at radius 2 is 2.25 bits per heavy atom. The molecule has 1 aromatic rings. The predicted octanol–water partition coefficient (Wildman–Crippen LogP) is 0.582. The molecule has 4 nitrogen and oxygen atoms in total. The maximum absolute atomic E-state index is 11.2. The average Bonchev–Trinajstić information content (AvgIpc) is 2.34. The summed E-state index contributed by atoms with van der Waals surface area (Å²) in [4.78, 5) is 21.8. The molecule has 0 unspecified atom stereocenters. The third kappa shape index (κ3) is 2.02. The number of hydrogen-bond acceptors (Lipinski definition) is 3. The molecule has 0 saturated heterocycles. The summed E-state index contributed by atoms with van der Waals surface area (Å²) < 4.78 is 1.54. The summed E-state index contributed by atoms with van der Waals surface area (Å²) in [6.45, 7) is 1.39. The Kier molecular flexibility index (Phi) is 2.38. The monoisotopic (exact) mass is 166 g/mol. The van der Waals surface area contributed by atoms with Gasteiger partial charge in [-0.05, 0) is 13.0 Å². The minimum Gasteiger partial charge on any atom is -0.300 e. The fraction of sp³-hybridized carbons (Fsp3) is 0.375. The first-order chi connectivity index (χ1) is 5.59. The van der Waals surface area contributed by atoms with Crippen molar-refractivity contribution in [2.45, 2.75) is 13.3 Å². The second-order valence-corrected chi connectivity index (χ2v) is 2.68. The zero-order valence-electron chi connectivity index (χ0n) is 7.07. The van der Waals surface area contributed by atoms with E-state index in [2.05, 4.69) is 5.10 Å². The number of aryl methyl sites for hydroxylation is 1. The van der Waals surface area contributed by atoms with Gasteiger partial charge in [-0.25, -0.2) is 0 Å². The first kappa shape index (κ1) is 8.64. The number of carbonyl (C=O) groups excluding carboxylic acids is 2. The molecule has 4 heteroatoms. The first-order valence-electron chi connectivity index (χ1n) is 3.62. The molecule has 0 spiro atoms. The van der Waals surface area contributed by atoms with Crippen molar-refractivity contribution in [1.29, 1.82) is 0 Å². The fourth-order valence-corrected chi connectivity index (χ4v) is 0.880. The van der Waals surface area contributed by atoms with Crippen LogP contribution in [0.15, 0.2) is 12.3 Å². The van der Waals surface area contributed by atoms with Crippen LogP contribution >= 0.6 is 0 Å². The van der Waals surface area contributed by atoms with Gasteiger partial charge in [-0.2, -0.15) is 5.10 Å². The molecular weight excluding hydrogens is 156 g/mol. The number of hydrogen-bond donors (Lipinski definition) is 0. The van der Waals surface area contributed by atoms with Gasteiger partial charge in [0, 0.05) is 13.2 Å². The van der Waals surface area contributed by atoms with E-state index in [1.807, 2.05) is 0 Å². The van der Waals surface area contributed by atoms with Crippen LogP contribution in [-0.2, 0) is 11.8 Å². The van der Waals surface area contributed by atoms with Crippen LogP contribution in [0.1, 0.15) is 23.8 Å².